The molecule has 0 aliphatic carbocycles. The molecule has 0 spiro atoms. The molecule has 0 aliphatic heterocycles. The third-order valence-electron chi connectivity index (χ3n) is 1.25. The molecule has 4 radical (unpaired) electrons. The summed E-state index contributed by atoms with van der Waals surface area (Å²) in [5.74, 6) is 0. The third-order valence-corrected chi connectivity index (χ3v) is 1.80. The maximum atomic E-state index is 5.56. The topological polar surface area (TPSA) is 12.9 Å². The van der Waals surface area contributed by atoms with E-state index in [1.807, 2.05) is 6.92 Å². The van der Waals surface area contributed by atoms with Gasteiger partial charge in [-0.3, -0.25) is 0 Å². The number of aromatic nitrogens is 1. The molecule has 0 saturated heterocycles. The van der Waals surface area contributed by atoms with E-state index in [4.69, 9.17) is 13.8 Å². The molecule has 0 fully saturated rings. The van der Waals surface area contributed by atoms with E-state index in [1.54, 1.807) is 6.07 Å². The first-order valence-corrected chi connectivity index (χ1v) is 3.87. The molecule has 1 aromatic heterocycles. The van der Waals surface area contributed by atoms with Crippen molar-refractivity contribution in [1.82, 2.24) is 4.98 Å². The second kappa shape index (κ2) is 2.86. The van der Waals surface area contributed by atoms with Crippen LogP contribution in [-0.2, 0) is 0 Å². The zero-order chi connectivity index (χ0) is 7.72. The highest BCUT2D eigenvalue weighted by atomic mass is 127. The molecule has 1 heterocycles. The summed E-state index contributed by atoms with van der Waals surface area (Å²) in [6.07, 6.45) is 0. The summed E-state index contributed by atoms with van der Waals surface area (Å²) in [5.41, 5.74) is 1.99. The van der Waals surface area contributed by atoms with Crippen LogP contribution in [0.2, 0.25) is 0 Å². The van der Waals surface area contributed by atoms with Gasteiger partial charge in [-0.15, -0.1) is 0 Å². The summed E-state index contributed by atoms with van der Waals surface area (Å²) < 4.78 is 0.877. The molecule has 1 nitrogen and oxygen atoms in total. The van der Waals surface area contributed by atoms with Crippen LogP contribution in [0.15, 0.2) is 6.07 Å². The normalized spacial score (nSPS) is 10.0. The molecule has 0 bridgehead atoms. The molecule has 0 atom stereocenters. The van der Waals surface area contributed by atoms with Crippen molar-refractivity contribution in [1.29, 1.82) is 0 Å². The van der Waals surface area contributed by atoms with Crippen molar-refractivity contribution in [2.45, 2.75) is 6.92 Å². The standard InChI is InChI=1S/C8H6IN/c1-5-4-8(9)10-7(3)6(5)2/h1-2,4H,3H3. The van der Waals surface area contributed by atoms with Crippen LogP contribution in [0, 0.1) is 24.5 Å². The van der Waals surface area contributed by atoms with Crippen molar-refractivity contribution in [3.63, 3.8) is 0 Å². The lowest BCUT2D eigenvalue weighted by molar-refractivity contribution is 1.13. The van der Waals surface area contributed by atoms with Crippen LogP contribution < -0.4 is 0 Å². The first-order valence-electron chi connectivity index (χ1n) is 2.79. The Morgan fingerprint density at radius 2 is 2.10 bits per heavy atom. The Labute approximate surface area is 75.0 Å². The van der Waals surface area contributed by atoms with E-state index < -0.39 is 0 Å². The van der Waals surface area contributed by atoms with Crippen molar-refractivity contribution >= 4 is 22.6 Å². The first kappa shape index (κ1) is 7.98. The summed E-state index contributed by atoms with van der Waals surface area (Å²) in [5, 5.41) is 0. The number of nitrogens with zero attached hydrogens (tertiary/aromatic N) is 1. The minimum Gasteiger partial charge on any atom is -0.247 e. The summed E-state index contributed by atoms with van der Waals surface area (Å²) in [4.78, 5) is 4.12. The fourth-order valence-corrected chi connectivity index (χ4v) is 1.36. The molecular weight excluding hydrogens is 237 g/mol. The average Bonchev–Trinajstić information content (AvgIpc) is 1.82. The molecule has 0 saturated carbocycles. The summed E-state index contributed by atoms with van der Waals surface area (Å²) in [6, 6.07) is 1.75. The fourth-order valence-electron chi connectivity index (χ4n) is 0.668. The van der Waals surface area contributed by atoms with Gasteiger partial charge in [-0.05, 0) is 53.6 Å². The van der Waals surface area contributed by atoms with Gasteiger partial charge < -0.3 is 0 Å². The zero-order valence-electron chi connectivity index (χ0n) is 5.56. The van der Waals surface area contributed by atoms with Gasteiger partial charge in [-0.25, -0.2) is 4.98 Å². The Bertz CT molecular complexity index is 232. The Hall–Kier alpha value is -0.120. The maximum absolute atomic E-state index is 5.56. The van der Waals surface area contributed by atoms with E-state index in [9.17, 15) is 0 Å². The van der Waals surface area contributed by atoms with E-state index in [2.05, 4.69) is 27.6 Å². The number of rotatable bonds is 0. The van der Waals surface area contributed by atoms with Gasteiger partial charge in [0.2, 0.25) is 0 Å². The summed E-state index contributed by atoms with van der Waals surface area (Å²) in [7, 11) is 0. The van der Waals surface area contributed by atoms with Crippen LogP contribution >= 0.6 is 22.6 Å². The van der Waals surface area contributed by atoms with Gasteiger partial charge >= 0.3 is 0 Å². The minimum atomic E-state index is 0.584. The summed E-state index contributed by atoms with van der Waals surface area (Å²) >= 11 is 2.10. The number of aryl methyl sites for hydroxylation is 1. The smallest absolute Gasteiger partial charge is 0.101 e. The highest BCUT2D eigenvalue weighted by Crippen LogP contribution is 2.12. The molecule has 1 rings (SSSR count). The Morgan fingerprint density at radius 3 is 2.60 bits per heavy atom. The monoisotopic (exact) mass is 243 g/mol. The Balaban J connectivity index is 3.31. The van der Waals surface area contributed by atoms with Gasteiger partial charge in [-0.2, -0.15) is 0 Å². The van der Waals surface area contributed by atoms with Crippen LogP contribution in [0.25, 0.3) is 0 Å². The number of pyridine rings is 1. The van der Waals surface area contributed by atoms with Crippen LogP contribution in [0.5, 0.6) is 0 Å². The highest BCUT2D eigenvalue weighted by Gasteiger charge is 1.99. The van der Waals surface area contributed by atoms with Gasteiger partial charge in [0.15, 0.2) is 0 Å². The van der Waals surface area contributed by atoms with Gasteiger partial charge in [0.25, 0.3) is 0 Å². The van der Waals surface area contributed by atoms with Gasteiger partial charge in [0, 0.05) is 12.6 Å². The largest absolute Gasteiger partial charge is 0.247 e. The van der Waals surface area contributed by atoms with Crippen molar-refractivity contribution < 1.29 is 0 Å². The van der Waals surface area contributed by atoms with E-state index in [0.29, 0.717) is 11.1 Å². The van der Waals surface area contributed by atoms with E-state index >= 15 is 0 Å². The Kier molecular flexibility index (Phi) is 2.28. The van der Waals surface area contributed by atoms with Crippen LogP contribution in [-0.4, -0.2) is 4.98 Å². The van der Waals surface area contributed by atoms with Crippen molar-refractivity contribution in [3.05, 3.63) is 40.4 Å². The molecule has 1 aromatic rings. The minimum absolute atomic E-state index is 0.584. The maximum Gasteiger partial charge on any atom is 0.101 e. The van der Waals surface area contributed by atoms with Gasteiger partial charge in [-0.1, -0.05) is 0 Å². The third kappa shape index (κ3) is 1.48. The van der Waals surface area contributed by atoms with Crippen molar-refractivity contribution in [3.8, 4) is 0 Å². The molecule has 10 heavy (non-hydrogen) atoms. The molecule has 0 unspecified atom stereocenters. The molecule has 0 N–H and O–H groups in total. The number of hydrogen-bond donors (Lipinski definition) is 0. The van der Waals surface area contributed by atoms with Crippen LogP contribution in [0.3, 0.4) is 0 Å². The van der Waals surface area contributed by atoms with Crippen LogP contribution in [0.4, 0.5) is 0 Å². The SMILES string of the molecule is [CH]c1cc(I)nc(C)c1[CH]. The quantitative estimate of drug-likeness (QED) is 0.502. The predicted molar refractivity (Wildman–Crippen MR) is 48.5 cm³/mol. The van der Waals surface area contributed by atoms with Crippen molar-refractivity contribution in [2.75, 3.05) is 0 Å². The fraction of sp³-hybridized carbons (Fsp3) is 0.125. The second-order valence-electron chi connectivity index (χ2n) is 2.03. The predicted octanol–water partition coefficient (Wildman–Crippen LogP) is 2.11. The van der Waals surface area contributed by atoms with Crippen molar-refractivity contribution in [2.24, 2.45) is 0 Å². The lowest BCUT2D eigenvalue weighted by Gasteiger charge is -2.02. The number of hydrogen-bond acceptors (Lipinski definition) is 1. The van der Waals surface area contributed by atoms with Gasteiger partial charge in [0.1, 0.15) is 3.70 Å². The molecule has 0 aliphatic rings. The number of halogens is 1. The summed E-state index contributed by atoms with van der Waals surface area (Å²) in [6.45, 7) is 13.0. The zero-order valence-corrected chi connectivity index (χ0v) is 7.71. The van der Waals surface area contributed by atoms with E-state index in [1.165, 1.54) is 0 Å². The van der Waals surface area contributed by atoms with E-state index in [0.717, 1.165) is 9.39 Å². The first-order chi connectivity index (χ1) is 4.61. The molecule has 2 heteroatoms. The lowest BCUT2D eigenvalue weighted by Crippen LogP contribution is -1.92. The van der Waals surface area contributed by atoms with Gasteiger partial charge in [0.05, 0.1) is 0 Å². The highest BCUT2D eigenvalue weighted by molar-refractivity contribution is 14.1. The molecule has 50 valence electrons. The molecular formula is C8H6IN. The van der Waals surface area contributed by atoms with Crippen LogP contribution in [0.1, 0.15) is 16.8 Å². The molecule has 0 aromatic carbocycles. The molecule has 0 amide bonds. The average molecular weight is 243 g/mol. The van der Waals surface area contributed by atoms with E-state index in [-0.39, 0.29) is 0 Å². The lowest BCUT2D eigenvalue weighted by atomic mass is 10.1. The Morgan fingerprint density at radius 1 is 1.50 bits per heavy atom. The second-order valence-corrected chi connectivity index (χ2v) is 3.14.